The fourth-order valence-electron chi connectivity index (χ4n) is 1.23. The van der Waals surface area contributed by atoms with Crippen molar-refractivity contribution < 1.29 is 36.4 Å². The minimum absolute atomic E-state index is 0.0199. The van der Waals surface area contributed by atoms with E-state index in [4.69, 9.17) is 14.2 Å². The largest absolute Gasteiger partial charge is 0.463 e. The van der Waals surface area contributed by atoms with Gasteiger partial charge in [0.15, 0.2) is 0 Å². The van der Waals surface area contributed by atoms with Gasteiger partial charge in [0.1, 0.15) is 12.2 Å². The molecule has 0 saturated heterocycles. The van der Waals surface area contributed by atoms with E-state index in [2.05, 4.69) is 4.18 Å². The molecule has 0 radical (unpaired) electrons. The predicted octanol–water partition coefficient (Wildman–Crippen LogP) is 0.644. The van der Waals surface area contributed by atoms with Crippen molar-refractivity contribution in [2.24, 2.45) is 0 Å². The molecule has 0 bridgehead atoms. The van der Waals surface area contributed by atoms with E-state index in [1.807, 2.05) is 0 Å². The number of carbonyl (C=O) groups is 2. The first-order chi connectivity index (χ1) is 9.99. The second kappa shape index (κ2) is 9.75. The Labute approximate surface area is 131 Å². The van der Waals surface area contributed by atoms with E-state index in [0.717, 1.165) is 6.26 Å². The Balaban J connectivity index is 3.57. The lowest BCUT2D eigenvalue weighted by Crippen LogP contribution is -2.24. The molecule has 0 atom stereocenters. The summed E-state index contributed by atoms with van der Waals surface area (Å²) >= 11 is 0. The Morgan fingerprint density at radius 3 is 2.00 bits per heavy atom. The predicted molar refractivity (Wildman–Crippen MR) is 77.7 cm³/mol. The molecule has 9 heteroatoms. The molecule has 0 amide bonds. The quantitative estimate of drug-likeness (QED) is 0.324. The summed E-state index contributed by atoms with van der Waals surface area (Å²) in [6.45, 7) is 5.35. The second-order valence-corrected chi connectivity index (χ2v) is 7.09. The zero-order chi connectivity index (χ0) is 17.2. The molecule has 0 aromatic rings. The first-order valence-electron chi connectivity index (χ1n) is 6.79. The van der Waals surface area contributed by atoms with Crippen LogP contribution in [0.25, 0.3) is 0 Å². The second-order valence-electron chi connectivity index (χ2n) is 5.45. The molecule has 0 unspecified atom stereocenters. The van der Waals surface area contributed by atoms with Crippen LogP contribution in [0.1, 0.15) is 33.6 Å². The summed E-state index contributed by atoms with van der Waals surface area (Å²) < 4.78 is 40.6. The summed E-state index contributed by atoms with van der Waals surface area (Å²) in [5.74, 6) is -0.986. The molecule has 0 fully saturated rings. The molecule has 0 aromatic carbocycles. The van der Waals surface area contributed by atoms with Crippen molar-refractivity contribution in [3.05, 3.63) is 0 Å². The van der Waals surface area contributed by atoms with Crippen LogP contribution in [-0.2, 0) is 38.1 Å². The summed E-state index contributed by atoms with van der Waals surface area (Å²) in [6.07, 6.45) is 0.838. The maximum Gasteiger partial charge on any atom is 0.306 e. The fourth-order valence-corrected chi connectivity index (χ4v) is 1.60. The third-order valence-corrected chi connectivity index (χ3v) is 2.56. The third kappa shape index (κ3) is 15.2. The molecule has 0 aliphatic carbocycles. The topological polar surface area (TPSA) is 105 Å². The van der Waals surface area contributed by atoms with Crippen LogP contribution in [0.15, 0.2) is 0 Å². The molecule has 22 heavy (non-hydrogen) atoms. The van der Waals surface area contributed by atoms with E-state index >= 15 is 0 Å². The lowest BCUT2D eigenvalue weighted by Gasteiger charge is -2.19. The number of hydrogen-bond donors (Lipinski definition) is 0. The lowest BCUT2D eigenvalue weighted by atomic mass is 10.2. The van der Waals surface area contributed by atoms with Crippen LogP contribution in [0.4, 0.5) is 0 Å². The van der Waals surface area contributed by atoms with Crippen molar-refractivity contribution in [1.82, 2.24) is 0 Å². The molecule has 0 rings (SSSR count). The van der Waals surface area contributed by atoms with Gasteiger partial charge in [-0.05, 0) is 20.8 Å². The van der Waals surface area contributed by atoms with Crippen molar-refractivity contribution in [2.75, 3.05) is 32.7 Å². The van der Waals surface area contributed by atoms with E-state index in [-0.39, 0.29) is 39.3 Å². The SMILES string of the molecule is CC(C)(C)OC(=O)CCC(=O)OCCOCCOS(C)(=O)=O. The average molecular weight is 340 g/mol. The van der Waals surface area contributed by atoms with E-state index < -0.39 is 27.7 Å². The first kappa shape index (κ1) is 20.8. The Morgan fingerprint density at radius 2 is 1.45 bits per heavy atom. The highest BCUT2D eigenvalue weighted by atomic mass is 32.2. The minimum Gasteiger partial charge on any atom is -0.463 e. The smallest absolute Gasteiger partial charge is 0.306 e. The van der Waals surface area contributed by atoms with Gasteiger partial charge in [-0.1, -0.05) is 0 Å². The van der Waals surface area contributed by atoms with Crippen molar-refractivity contribution in [3.63, 3.8) is 0 Å². The van der Waals surface area contributed by atoms with Gasteiger partial charge in [0.25, 0.3) is 10.1 Å². The number of esters is 2. The van der Waals surface area contributed by atoms with E-state index in [1.54, 1.807) is 20.8 Å². The molecular formula is C13H24O8S. The van der Waals surface area contributed by atoms with Crippen molar-refractivity contribution >= 4 is 22.1 Å². The summed E-state index contributed by atoms with van der Waals surface area (Å²) in [5.41, 5.74) is -0.580. The standard InChI is InChI=1S/C13H24O8S/c1-13(2,3)21-12(15)6-5-11(14)19-9-7-18-8-10-20-22(4,16)17/h5-10H2,1-4H3. The van der Waals surface area contributed by atoms with Gasteiger partial charge in [-0.25, -0.2) is 0 Å². The Hall–Kier alpha value is -1.19. The molecule has 0 spiro atoms. The Bertz CT molecular complexity index is 449. The van der Waals surface area contributed by atoms with Gasteiger partial charge in [-0.15, -0.1) is 0 Å². The van der Waals surface area contributed by atoms with Gasteiger partial charge in [0.05, 0.1) is 38.9 Å². The summed E-state index contributed by atoms with van der Waals surface area (Å²) in [6, 6.07) is 0. The van der Waals surface area contributed by atoms with Crippen LogP contribution in [-0.4, -0.2) is 58.6 Å². The zero-order valence-electron chi connectivity index (χ0n) is 13.4. The number of rotatable bonds is 10. The van der Waals surface area contributed by atoms with Crippen molar-refractivity contribution in [2.45, 2.75) is 39.2 Å². The van der Waals surface area contributed by atoms with Crippen molar-refractivity contribution in [3.8, 4) is 0 Å². The maximum absolute atomic E-state index is 11.4. The van der Waals surface area contributed by atoms with Crippen LogP contribution in [0.5, 0.6) is 0 Å². The molecule has 8 nitrogen and oxygen atoms in total. The summed E-state index contributed by atoms with van der Waals surface area (Å²) in [4.78, 5) is 22.7. The average Bonchev–Trinajstić information content (AvgIpc) is 2.31. The fraction of sp³-hybridized carbons (Fsp3) is 0.846. The lowest BCUT2D eigenvalue weighted by molar-refractivity contribution is -0.158. The third-order valence-electron chi connectivity index (χ3n) is 1.97. The van der Waals surface area contributed by atoms with Gasteiger partial charge >= 0.3 is 11.9 Å². The molecular weight excluding hydrogens is 316 g/mol. The minimum atomic E-state index is -3.47. The Kier molecular flexibility index (Phi) is 9.22. The highest BCUT2D eigenvalue weighted by Gasteiger charge is 2.17. The molecule has 0 N–H and O–H groups in total. The number of hydrogen-bond acceptors (Lipinski definition) is 8. The molecule has 130 valence electrons. The van der Waals surface area contributed by atoms with Gasteiger partial charge in [-0.3, -0.25) is 13.8 Å². The van der Waals surface area contributed by atoms with Crippen LogP contribution >= 0.6 is 0 Å². The van der Waals surface area contributed by atoms with Gasteiger partial charge in [0.2, 0.25) is 0 Å². The monoisotopic (exact) mass is 340 g/mol. The van der Waals surface area contributed by atoms with Crippen LogP contribution in [0.2, 0.25) is 0 Å². The highest BCUT2D eigenvalue weighted by Crippen LogP contribution is 2.09. The maximum atomic E-state index is 11.4. The zero-order valence-corrected chi connectivity index (χ0v) is 14.2. The van der Waals surface area contributed by atoms with Crippen LogP contribution in [0.3, 0.4) is 0 Å². The van der Waals surface area contributed by atoms with Crippen molar-refractivity contribution in [1.29, 1.82) is 0 Å². The summed E-state index contributed by atoms with van der Waals surface area (Å²) in [7, 11) is -3.47. The normalized spacial score (nSPS) is 12.0. The van der Waals surface area contributed by atoms with Gasteiger partial charge in [-0.2, -0.15) is 8.42 Å². The number of carbonyl (C=O) groups excluding carboxylic acids is 2. The highest BCUT2D eigenvalue weighted by molar-refractivity contribution is 7.85. The first-order valence-corrected chi connectivity index (χ1v) is 8.61. The van der Waals surface area contributed by atoms with Crippen LogP contribution in [0, 0.1) is 0 Å². The van der Waals surface area contributed by atoms with E-state index in [0.29, 0.717) is 0 Å². The molecule has 0 heterocycles. The van der Waals surface area contributed by atoms with Gasteiger partial charge in [0, 0.05) is 0 Å². The Morgan fingerprint density at radius 1 is 0.909 bits per heavy atom. The molecule has 0 saturated carbocycles. The molecule has 0 aromatic heterocycles. The summed E-state index contributed by atoms with van der Waals surface area (Å²) in [5, 5.41) is 0. The number of ether oxygens (including phenoxy) is 3. The van der Waals surface area contributed by atoms with Gasteiger partial charge < -0.3 is 14.2 Å². The van der Waals surface area contributed by atoms with E-state index in [9.17, 15) is 18.0 Å². The van der Waals surface area contributed by atoms with Crippen LogP contribution < -0.4 is 0 Å². The molecule has 0 aliphatic rings. The van der Waals surface area contributed by atoms with E-state index in [1.165, 1.54) is 0 Å². The molecule has 0 aliphatic heterocycles.